The van der Waals surface area contributed by atoms with Crippen LogP contribution in [0.5, 0.6) is 0 Å². The molecule has 6 heteroatoms. The van der Waals surface area contributed by atoms with E-state index in [-0.39, 0.29) is 23.8 Å². The molecule has 6 nitrogen and oxygen atoms in total. The van der Waals surface area contributed by atoms with Crippen LogP contribution in [0.25, 0.3) is 0 Å². The molecule has 3 amide bonds. The summed E-state index contributed by atoms with van der Waals surface area (Å²) < 4.78 is 0. The molecule has 0 aromatic heterocycles. The standard InChI is InChI=1S/C32H38N4O2/c1-25-9-8-14-28(19-25)29-20-30(24-36(23-29)32(38)33-21-26-10-4-2-5-11-26)31(37)35-17-15-34(16-18-35)22-27-12-6-3-7-13-27/h2-14,19,29-30H,15-18,20-24H2,1H3,(H,33,38). The van der Waals surface area contributed by atoms with Gasteiger partial charge in [-0.05, 0) is 30.0 Å². The topological polar surface area (TPSA) is 55.9 Å². The molecule has 2 aliphatic heterocycles. The summed E-state index contributed by atoms with van der Waals surface area (Å²) in [7, 11) is 0. The normalized spacial score (nSPS) is 20.2. The number of piperidine rings is 1. The van der Waals surface area contributed by atoms with E-state index in [0.717, 1.165) is 44.7 Å². The van der Waals surface area contributed by atoms with E-state index in [1.54, 1.807) is 0 Å². The number of carbonyl (C=O) groups excluding carboxylic acids is 2. The Morgan fingerprint density at radius 2 is 1.47 bits per heavy atom. The van der Waals surface area contributed by atoms with Gasteiger partial charge in [0.2, 0.25) is 5.91 Å². The summed E-state index contributed by atoms with van der Waals surface area (Å²) in [6.45, 7) is 7.78. The number of carbonyl (C=O) groups is 2. The predicted molar refractivity (Wildman–Crippen MR) is 151 cm³/mol. The molecule has 2 saturated heterocycles. The summed E-state index contributed by atoms with van der Waals surface area (Å²) in [6, 6.07) is 28.8. The Balaban J connectivity index is 1.24. The lowest BCUT2D eigenvalue weighted by Gasteiger charge is -2.41. The van der Waals surface area contributed by atoms with Crippen molar-refractivity contribution in [1.82, 2.24) is 20.0 Å². The second-order valence-corrected chi connectivity index (χ2v) is 10.7. The first-order chi connectivity index (χ1) is 18.5. The number of aryl methyl sites for hydroxylation is 1. The molecule has 0 bridgehead atoms. The summed E-state index contributed by atoms with van der Waals surface area (Å²) in [5.74, 6) is 0.124. The molecule has 0 radical (unpaired) electrons. The minimum absolute atomic E-state index is 0.100. The van der Waals surface area contributed by atoms with Crippen LogP contribution in [0.3, 0.4) is 0 Å². The van der Waals surface area contributed by atoms with E-state index in [9.17, 15) is 9.59 Å². The Hall–Kier alpha value is -3.64. The first kappa shape index (κ1) is 26.0. The molecule has 2 heterocycles. The molecule has 2 aliphatic rings. The molecule has 0 spiro atoms. The maximum atomic E-state index is 13.8. The van der Waals surface area contributed by atoms with Crippen molar-refractivity contribution in [2.24, 2.45) is 5.92 Å². The van der Waals surface area contributed by atoms with Crippen molar-refractivity contribution in [3.05, 3.63) is 107 Å². The van der Waals surface area contributed by atoms with Crippen LogP contribution in [0, 0.1) is 12.8 Å². The fourth-order valence-corrected chi connectivity index (χ4v) is 5.72. The summed E-state index contributed by atoms with van der Waals surface area (Å²) in [5, 5.41) is 3.08. The van der Waals surface area contributed by atoms with E-state index in [1.165, 1.54) is 16.7 Å². The molecular formula is C32H38N4O2. The highest BCUT2D eigenvalue weighted by Crippen LogP contribution is 2.32. The van der Waals surface area contributed by atoms with E-state index in [4.69, 9.17) is 0 Å². The molecule has 1 N–H and O–H groups in total. The maximum Gasteiger partial charge on any atom is 0.317 e. The highest BCUT2D eigenvalue weighted by atomic mass is 16.2. The van der Waals surface area contributed by atoms with E-state index in [0.29, 0.717) is 19.6 Å². The number of likely N-dealkylation sites (tertiary alicyclic amines) is 1. The number of nitrogens with one attached hydrogen (secondary N) is 1. The van der Waals surface area contributed by atoms with Crippen molar-refractivity contribution in [2.75, 3.05) is 39.3 Å². The van der Waals surface area contributed by atoms with E-state index in [1.807, 2.05) is 46.2 Å². The van der Waals surface area contributed by atoms with Crippen LogP contribution >= 0.6 is 0 Å². The summed E-state index contributed by atoms with van der Waals surface area (Å²) in [4.78, 5) is 33.3. The lowest BCUT2D eigenvalue weighted by atomic mass is 9.83. The minimum Gasteiger partial charge on any atom is -0.340 e. The molecular weight excluding hydrogens is 472 g/mol. The van der Waals surface area contributed by atoms with Crippen LogP contribution < -0.4 is 5.32 Å². The van der Waals surface area contributed by atoms with Crippen molar-refractivity contribution in [1.29, 1.82) is 0 Å². The second-order valence-electron chi connectivity index (χ2n) is 10.7. The average molecular weight is 511 g/mol. The number of rotatable bonds is 6. The summed E-state index contributed by atoms with van der Waals surface area (Å²) >= 11 is 0. The SMILES string of the molecule is Cc1cccc(C2CC(C(=O)N3CCN(Cc4ccccc4)CC3)CN(C(=O)NCc3ccccc3)C2)c1. The number of hydrogen-bond acceptors (Lipinski definition) is 3. The highest BCUT2D eigenvalue weighted by molar-refractivity contribution is 5.81. The number of piperazine rings is 1. The highest BCUT2D eigenvalue weighted by Gasteiger charge is 2.37. The van der Waals surface area contributed by atoms with Gasteiger partial charge in [0.15, 0.2) is 0 Å². The van der Waals surface area contributed by atoms with Crippen LogP contribution in [-0.2, 0) is 17.9 Å². The number of nitrogens with zero attached hydrogens (tertiary/aromatic N) is 3. The molecule has 0 saturated carbocycles. The quantitative estimate of drug-likeness (QED) is 0.525. The van der Waals surface area contributed by atoms with Gasteiger partial charge in [-0.2, -0.15) is 0 Å². The summed E-state index contributed by atoms with van der Waals surface area (Å²) in [5.41, 5.74) is 4.77. The molecule has 3 aromatic rings. The zero-order valence-electron chi connectivity index (χ0n) is 22.3. The largest absolute Gasteiger partial charge is 0.340 e. The number of amides is 3. The summed E-state index contributed by atoms with van der Waals surface area (Å²) in [6.07, 6.45) is 0.773. The molecule has 2 unspecified atom stereocenters. The van der Waals surface area contributed by atoms with Crippen LogP contribution in [0.4, 0.5) is 4.79 Å². The van der Waals surface area contributed by atoms with E-state index < -0.39 is 0 Å². The molecule has 38 heavy (non-hydrogen) atoms. The van der Waals surface area contributed by atoms with Crippen molar-refractivity contribution < 1.29 is 9.59 Å². The van der Waals surface area contributed by atoms with Crippen molar-refractivity contribution in [3.8, 4) is 0 Å². The third-order valence-corrected chi connectivity index (χ3v) is 7.82. The third-order valence-electron chi connectivity index (χ3n) is 7.82. The molecule has 0 aliphatic carbocycles. The maximum absolute atomic E-state index is 13.8. The van der Waals surface area contributed by atoms with Crippen molar-refractivity contribution in [3.63, 3.8) is 0 Å². The van der Waals surface area contributed by atoms with Gasteiger partial charge in [0.25, 0.3) is 0 Å². The number of hydrogen-bond donors (Lipinski definition) is 1. The molecule has 5 rings (SSSR count). The van der Waals surface area contributed by atoms with Crippen LogP contribution in [-0.4, -0.2) is 65.9 Å². The van der Waals surface area contributed by atoms with Gasteiger partial charge < -0.3 is 15.1 Å². The smallest absolute Gasteiger partial charge is 0.317 e. The first-order valence-corrected chi connectivity index (χ1v) is 13.7. The van der Waals surface area contributed by atoms with Gasteiger partial charge in [-0.1, -0.05) is 90.5 Å². The number of benzene rings is 3. The monoisotopic (exact) mass is 510 g/mol. The first-order valence-electron chi connectivity index (χ1n) is 13.7. The Morgan fingerprint density at radius 3 is 2.16 bits per heavy atom. The van der Waals surface area contributed by atoms with Gasteiger partial charge in [-0.25, -0.2) is 4.79 Å². The molecule has 3 aromatic carbocycles. The van der Waals surface area contributed by atoms with Gasteiger partial charge in [0.1, 0.15) is 0 Å². The van der Waals surface area contributed by atoms with Gasteiger partial charge in [-0.3, -0.25) is 9.69 Å². The van der Waals surface area contributed by atoms with Gasteiger partial charge in [-0.15, -0.1) is 0 Å². The van der Waals surface area contributed by atoms with Gasteiger partial charge in [0.05, 0.1) is 5.92 Å². The Labute approximate surface area is 226 Å². The van der Waals surface area contributed by atoms with Gasteiger partial charge in [0, 0.05) is 58.3 Å². The van der Waals surface area contributed by atoms with Crippen LogP contribution in [0.15, 0.2) is 84.9 Å². The lowest BCUT2D eigenvalue weighted by Crippen LogP contribution is -2.54. The third kappa shape index (κ3) is 6.62. The zero-order valence-corrected chi connectivity index (χ0v) is 22.3. The van der Waals surface area contributed by atoms with E-state index in [2.05, 4.69) is 65.7 Å². The molecule has 198 valence electrons. The van der Waals surface area contributed by atoms with Crippen LogP contribution in [0.1, 0.15) is 34.6 Å². The predicted octanol–water partition coefficient (Wildman–Crippen LogP) is 4.65. The Kier molecular flexibility index (Phi) is 8.39. The van der Waals surface area contributed by atoms with Crippen molar-refractivity contribution >= 4 is 11.9 Å². The van der Waals surface area contributed by atoms with E-state index >= 15 is 0 Å². The molecule has 2 atom stereocenters. The van der Waals surface area contributed by atoms with Crippen molar-refractivity contribution in [2.45, 2.75) is 32.4 Å². The fraction of sp³-hybridized carbons (Fsp3) is 0.375. The van der Waals surface area contributed by atoms with Crippen LogP contribution in [0.2, 0.25) is 0 Å². The minimum atomic E-state index is -0.197. The lowest BCUT2D eigenvalue weighted by molar-refractivity contribution is -0.139. The Morgan fingerprint density at radius 1 is 0.789 bits per heavy atom. The zero-order chi connectivity index (χ0) is 26.3. The fourth-order valence-electron chi connectivity index (χ4n) is 5.72. The Bertz CT molecular complexity index is 1210. The second kappa shape index (κ2) is 12.3. The number of urea groups is 1. The molecule has 2 fully saturated rings. The average Bonchev–Trinajstić information content (AvgIpc) is 2.97. The van der Waals surface area contributed by atoms with Gasteiger partial charge >= 0.3 is 6.03 Å².